The van der Waals surface area contributed by atoms with Crippen LogP contribution in [0.3, 0.4) is 0 Å². The van der Waals surface area contributed by atoms with E-state index in [1.165, 1.54) is 12.1 Å². The van der Waals surface area contributed by atoms with Gasteiger partial charge in [0.1, 0.15) is 17.2 Å². The van der Waals surface area contributed by atoms with Crippen molar-refractivity contribution in [3.63, 3.8) is 0 Å². The molecule has 1 heterocycles. The predicted molar refractivity (Wildman–Crippen MR) is 108 cm³/mol. The normalized spacial score (nSPS) is 14.5. The van der Waals surface area contributed by atoms with Crippen molar-refractivity contribution < 1.29 is 32.2 Å². The van der Waals surface area contributed by atoms with Crippen molar-refractivity contribution in [3.05, 3.63) is 59.8 Å². The van der Waals surface area contributed by atoms with Crippen molar-refractivity contribution >= 4 is 23.1 Å². The summed E-state index contributed by atoms with van der Waals surface area (Å²) in [6.45, 7) is 5.72. The second kappa shape index (κ2) is 8.71. The Morgan fingerprint density at radius 2 is 1.68 bits per heavy atom. The number of nitrogens with zero attached hydrogens (tertiary/aromatic N) is 1. The monoisotopic (exact) mass is 434 g/mol. The van der Waals surface area contributed by atoms with Crippen molar-refractivity contribution in [2.45, 2.75) is 33.2 Å². The fourth-order valence-corrected chi connectivity index (χ4v) is 3.20. The van der Waals surface area contributed by atoms with Crippen molar-refractivity contribution in [1.29, 1.82) is 0 Å². The minimum atomic E-state index is -4.85. The number of hydrogen-bond donors (Lipinski definition) is 1. The summed E-state index contributed by atoms with van der Waals surface area (Å²) in [6.07, 6.45) is -4.85. The minimum Gasteiger partial charge on any atom is -0.494 e. The summed E-state index contributed by atoms with van der Waals surface area (Å²) in [5.41, 5.74) is 0.762. The van der Waals surface area contributed by atoms with E-state index in [1.807, 2.05) is 6.92 Å². The average Bonchev–Trinajstić information content (AvgIpc) is 2.91. The van der Waals surface area contributed by atoms with Crippen molar-refractivity contribution in [1.82, 2.24) is 4.90 Å². The highest BCUT2D eigenvalue weighted by Crippen LogP contribution is 2.33. The first-order valence-electron chi connectivity index (χ1n) is 9.59. The molecule has 2 aromatic rings. The van der Waals surface area contributed by atoms with Gasteiger partial charge in [0.25, 0.3) is 11.8 Å². The molecule has 9 heteroatoms. The van der Waals surface area contributed by atoms with E-state index < -0.39 is 30.0 Å². The van der Waals surface area contributed by atoms with Gasteiger partial charge in [-0.15, -0.1) is 13.2 Å². The summed E-state index contributed by atoms with van der Waals surface area (Å²) in [5.74, 6) is -0.894. The van der Waals surface area contributed by atoms with Crippen LogP contribution in [0.5, 0.6) is 11.5 Å². The standard InChI is InChI=1S/C22H21F3N2O4/c1-4-30-16-10-8-14(9-11-16)18-19(21(29)27(13(2)3)20(18)28)26-15-6-5-7-17(12-15)31-22(23,24)25/h5-13,26H,4H2,1-3H3. The zero-order chi connectivity index (χ0) is 22.8. The molecule has 0 fully saturated rings. The molecule has 0 bridgehead atoms. The molecule has 0 aliphatic carbocycles. The second-order valence-electron chi connectivity index (χ2n) is 6.98. The number of halogens is 3. The Morgan fingerprint density at radius 3 is 2.26 bits per heavy atom. The number of carbonyl (C=O) groups excluding carboxylic acids is 2. The number of imide groups is 1. The number of rotatable bonds is 7. The van der Waals surface area contributed by atoms with Crippen LogP contribution in [0.15, 0.2) is 54.2 Å². The topological polar surface area (TPSA) is 67.9 Å². The molecule has 1 aliphatic rings. The van der Waals surface area contributed by atoms with Crippen LogP contribution >= 0.6 is 0 Å². The number of alkyl halides is 3. The van der Waals surface area contributed by atoms with Gasteiger partial charge in [-0.05, 0) is 50.6 Å². The van der Waals surface area contributed by atoms with Crippen LogP contribution in [0.1, 0.15) is 26.3 Å². The minimum absolute atomic E-state index is 0.0213. The largest absolute Gasteiger partial charge is 0.573 e. The fraction of sp³-hybridized carbons (Fsp3) is 0.273. The first-order chi connectivity index (χ1) is 14.6. The van der Waals surface area contributed by atoms with E-state index in [9.17, 15) is 22.8 Å². The first kappa shape index (κ1) is 22.2. The van der Waals surface area contributed by atoms with Gasteiger partial charge >= 0.3 is 6.36 Å². The molecule has 0 saturated heterocycles. The smallest absolute Gasteiger partial charge is 0.494 e. The van der Waals surface area contributed by atoms with E-state index in [-0.39, 0.29) is 17.0 Å². The molecule has 0 unspecified atom stereocenters. The molecular formula is C22H21F3N2O4. The van der Waals surface area contributed by atoms with Crippen LogP contribution in [0, 0.1) is 0 Å². The molecule has 6 nitrogen and oxygen atoms in total. The third kappa shape index (κ3) is 4.99. The maximum Gasteiger partial charge on any atom is 0.573 e. The van der Waals surface area contributed by atoms with Gasteiger partial charge in [-0.3, -0.25) is 14.5 Å². The lowest BCUT2D eigenvalue weighted by atomic mass is 10.0. The van der Waals surface area contributed by atoms with Crippen LogP contribution in [-0.2, 0) is 9.59 Å². The van der Waals surface area contributed by atoms with Gasteiger partial charge in [-0.25, -0.2) is 0 Å². The van der Waals surface area contributed by atoms with E-state index in [1.54, 1.807) is 38.1 Å². The quantitative estimate of drug-likeness (QED) is 0.646. The van der Waals surface area contributed by atoms with Crippen LogP contribution in [-0.4, -0.2) is 35.7 Å². The number of hydrogen-bond acceptors (Lipinski definition) is 5. The number of anilines is 1. The maximum atomic E-state index is 13.0. The number of benzene rings is 2. The van der Waals surface area contributed by atoms with E-state index in [0.29, 0.717) is 17.9 Å². The predicted octanol–water partition coefficient (Wildman–Crippen LogP) is 4.58. The Morgan fingerprint density at radius 1 is 1.00 bits per heavy atom. The third-order valence-electron chi connectivity index (χ3n) is 4.42. The summed E-state index contributed by atoms with van der Waals surface area (Å²) < 4.78 is 46.9. The zero-order valence-corrected chi connectivity index (χ0v) is 17.1. The van der Waals surface area contributed by atoms with E-state index in [4.69, 9.17) is 4.74 Å². The Kier molecular flexibility index (Phi) is 6.24. The van der Waals surface area contributed by atoms with Gasteiger partial charge in [-0.2, -0.15) is 0 Å². The highest BCUT2D eigenvalue weighted by molar-refractivity contribution is 6.36. The molecule has 31 heavy (non-hydrogen) atoms. The van der Waals surface area contributed by atoms with Crippen LogP contribution in [0.2, 0.25) is 0 Å². The number of ether oxygens (including phenoxy) is 2. The van der Waals surface area contributed by atoms with Gasteiger partial charge in [0.15, 0.2) is 0 Å². The van der Waals surface area contributed by atoms with Gasteiger partial charge in [0.2, 0.25) is 0 Å². The molecular weight excluding hydrogens is 413 g/mol. The van der Waals surface area contributed by atoms with E-state index in [2.05, 4.69) is 10.1 Å². The highest BCUT2D eigenvalue weighted by Gasteiger charge is 2.40. The second-order valence-corrected chi connectivity index (χ2v) is 6.98. The summed E-state index contributed by atoms with van der Waals surface area (Å²) in [4.78, 5) is 27.1. The molecule has 0 spiro atoms. The molecule has 3 rings (SSSR count). The van der Waals surface area contributed by atoms with Crippen molar-refractivity contribution in [2.75, 3.05) is 11.9 Å². The molecule has 0 atom stereocenters. The fourth-order valence-electron chi connectivity index (χ4n) is 3.20. The summed E-state index contributed by atoms with van der Waals surface area (Å²) in [6, 6.07) is 11.3. The van der Waals surface area contributed by atoms with Gasteiger partial charge in [-0.1, -0.05) is 18.2 Å². The van der Waals surface area contributed by atoms with Crippen molar-refractivity contribution in [3.8, 4) is 11.5 Å². The Bertz CT molecular complexity index is 1010. The Labute approximate surface area is 177 Å². The lowest BCUT2D eigenvalue weighted by molar-refractivity contribution is -0.274. The molecule has 1 N–H and O–H groups in total. The van der Waals surface area contributed by atoms with E-state index >= 15 is 0 Å². The first-order valence-corrected chi connectivity index (χ1v) is 9.59. The Hall–Kier alpha value is -3.49. The van der Waals surface area contributed by atoms with E-state index in [0.717, 1.165) is 17.0 Å². The highest BCUT2D eigenvalue weighted by atomic mass is 19.4. The molecule has 164 valence electrons. The lowest BCUT2D eigenvalue weighted by Gasteiger charge is -2.19. The van der Waals surface area contributed by atoms with Gasteiger partial charge < -0.3 is 14.8 Å². The molecule has 2 aromatic carbocycles. The number of amides is 2. The Balaban J connectivity index is 2.01. The maximum absolute atomic E-state index is 13.0. The average molecular weight is 434 g/mol. The molecule has 0 saturated carbocycles. The number of nitrogens with one attached hydrogen (secondary N) is 1. The zero-order valence-electron chi connectivity index (χ0n) is 17.1. The van der Waals surface area contributed by atoms with Crippen molar-refractivity contribution in [2.24, 2.45) is 0 Å². The van der Waals surface area contributed by atoms with Crippen LogP contribution < -0.4 is 14.8 Å². The summed E-state index contributed by atoms with van der Waals surface area (Å²) >= 11 is 0. The van der Waals surface area contributed by atoms with Crippen LogP contribution in [0.4, 0.5) is 18.9 Å². The lowest BCUT2D eigenvalue weighted by Crippen LogP contribution is -2.38. The third-order valence-corrected chi connectivity index (χ3v) is 4.42. The molecule has 2 amide bonds. The van der Waals surface area contributed by atoms with Crippen LogP contribution in [0.25, 0.3) is 5.57 Å². The molecule has 0 radical (unpaired) electrons. The summed E-state index contributed by atoms with van der Waals surface area (Å²) in [7, 11) is 0. The van der Waals surface area contributed by atoms with Gasteiger partial charge in [0, 0.05) is 17.8 Å². The SMILES string of the molecule is CCOc1ccc(C2=C(Nc3cccc(OC(F)(F)F)c3)C(=O)N(C(C)C)C2=O)cc1. The number of carbonyl (C=O) groups is 2. The van der Waals surface area contributed by atoms with Gasteiger partial charge in [0.05, 0.1) is 12.2 Å². The molecule has 0 aromatic heterocycles. The molecule has 1 aliphatic heterocycles. The summed E-state index contributed by atoms with van der Waals surface area (Å²) in [5, 5.41) is 2.81.